The number of ether oxygens (including phenoxy) is 1. The van der Waals surface area contributed by atoms with Crippen molar-refractivity contribution in [2.75, 3.05) is 0 Å². The van der Waals surface area contributed by atoms with Crippen molar-refractivity contribution in [3.8, 4) is 5.75 Å². The maximum absolute atomic E-state index is 13.1. The van der Waals surface area contributed by atoms with Gasteiger partial charge in [-0.2, -0.15) is 0 Å². The molecule has 0 saturated carbocycles. The Labute approximate surface area is 87.3 Å². The first-order chi connectivity index (χ1) is 7.25. The molecule has 0 fully saturated rings. The van der Waals surface area contributed by atoms with Gasteiger partial charge in [0.05, 0.1) is 6.26 Å². The van der Waals surface area contributed by atoms with E-state index < -0.39 is 0 Å². The average Bonchev–Trinajstić information content (AvgIpc) is 2.73. The van der Waals surface area contributed by atoms with E-state index in [4.69, 9.17) is 9.15 Å². The molecular weight excluding hydrogens is 195 g/mol. The molecule has 0 spiro atoms. The van der Waals surface area contributed by atoms with Crippen molar-refractivity contribution in [1.82, 2.24) is 0 Å². The largest absolute Gasteiger partial charge is 0.486 e. The van der Waals surface area contributed by atoms with Gasteiger partial charge in [-0.05, 0) is 30.7 Å². The van der Waals surface area contributed by atoms with E-state index in [1.807, 2.05) is 6.07 Å². The van der Waals surface area contributed by atoms with Crippen molar-refractivity contribution >= 4 is 0 Å². The summed E-state index contributed by atoms with van der Waals surface area (Å²) in [6.45, 7) is 2.03. The van der Waals surface area contributed by atoms with Gasteiger partial charge in [0.2, 0.25) is 0 Å². The van der Waals surface area contributed by atoms with Crippen molar-refractivity contribution < 1.29 is 13.5 Å². The van der Waals surface area contributed by atoms with Crippen LogP contribution < -0.4 is 4.74 Å². The molecule has 0 aliphatic carbocycles. The molecule has 0 amide bonds. The third-order valence-corrected chi connectivity index (χ3v) is 2.10. The van der Waals surface area contributed by atoms with Gasteiger partial charge in [-0.1, -0.05) is 6.07 Å². The zero-order valence-electron chi connectivity index (χ0n) is 8.37. The summed E-state index contributed by atoms with van der Waals surface area (Å²) in [6, 6.07) is 8.39. The standard InChI is InChI=1S/C12H11FO2/c1-9-4-5-10(7-12(9)13)15-8-11-3-2-6-14-11/h2-7H,8H2,1H3. The van der Waals surface area contributed by atoms with Crippen molar-refractivity contribution in [1.29, 1.82) is 0 Å². The highest BCUT2D eigenvalue weighted by atomic mass is 19.1. The molecule has 1 heterocycles. The lowest BCUT2D eigenvalue weighted by molar-refractivity contribution is 0.269. The van der Waals surface area contributed by atoms with Crippen molar-refractivity contribution in [2.45, 2.75) is 13.5 Å². The van der Waals surface area contributed by atoms with Gasteiger partial charge in [-0.15, -0.1) is 0 Å². The quantitative estimate of drug-likeness (QED) is 0.768. The smallest absolute Gasteiger partial charge is 0.146 e. The highest BCUT2D eigenvalue weighted by Crippen LogP contribution is 2.17. The van der Waals surface area contributed by atoms with Crippen LogP contribution in [0.2, 0.25) is 0 Å². The highest BCUT2D eigenvalue weighted by Gasteiger charge is 2.01. The van der Waals surface area contributed by atoms with Crippen LogP contribution in [0.4, 0.5) is 4.39 Å². The van der Waals surface area contributed by atoms with Crippen LogP contribution in [-0.4, -0.2) is 0 Å². The number of benzene rings is 1. The van der Waals surface area contributed by atoms with Crippen LogP contribution in [0.5, 0.6) is 5.75 Å². The molecule has 1 aromatic heterocycles. The second-order valence-electron chi connectivity index (χ2n) is 3.28. The average molecular weight is 206 g/mol. The molecule has 0 unspecified atom stereocenters. The Morgan fingerprint density at radius 1 is 1.33 bits per heavy atom. The van der Waals surface area contributed by atoms with Gasteiger partial charge in [0.25, 0.3) is 0 Å². The Kier molecular flexibility index (Phi) is 2.72. The highest BCUT2D eigenvalue weighted by molar-refractivity contribution is 5.28. The SMILES string of the molecule is Cc1ccc(OCc2ccco2)cc1F. The van der Waals surface area contributed by atoms with Crippen LogP contribution in [0.1, 0.15) is 11.3 Å². The maximum atomic E-state index is 13.1. The molecule has 0 bridgehead atoms. The molecule has 1 aromatic carbocycles. The normalized spacial score (nSPS) is 10.3. The van der Waals surface area contributed by atoms with Gasteiger partial charge in [0.15, 0.2) is 0 Å². The van der Waals surface area contributed by atoms with Crippen LogP contribution in [-0.2, 0) is 6.61 Å². The second kappa shape index (κ2) is 4.17. The molecule has 0 N–H and O–H groups in total. The zero-order valence-corrected chi connectivity index (χ0v) is 8.37. The van der Waals surface area contributed by atoms with Gasteiger partial charge in [0, 0.05) is 6.07 Å². The molecule has 0 radical (unpaired) electrons. The van der Waals surface area contributed by atoms with E-state index in [2.05, 4.69) is 0 Å². The monoisotopic (exact) mass is 206 g/mol. The summed E-state index contributed by atoms with van der Waals surface area (Å²) < 4.78 is 23.6. The summed E-state index contributed by atoms with van der Waals surface area (Å²) in [4.78, 5) is 0. The van der Waals surface area contributed by atoms with E-state index >= 15 is 0 Å². The molecule has 0 aliphatic rings. The Hall–Kier alpha value is -1.77. The van der Waals surface area contributed by atoms with Crippen LogP contribution in [0, 0.1) is 12.7 Å². The lowest BCUT2D eigenvalue weighted by Crippen LogP contribution is -1.94. The number of furan rings is 1. The second-order valence-corrected chi connectivity index (χ2v) is 3.28. The molecule has 3 heteroatoms. The van der Waals surface area contributed by atoms with Gasteiger partial charge >= 0.3 is 0 Å². The molecular formula is C12H11FO2. The Balaban J connectivity index is 2.02. The third-order valence-electron chi connectivity index (χ3n) is 2.10. The fraction of sp³-hybridized carbons (Fsp3) is 0.167. The Morgan fingerprint density at radius 2 is 2.20 bits per heavy atom. The van der Waals surface area contributed by atoms with E-state index in [9.17, 15) is 4.39 Å². The maximum Gasteiger partial charge on any atom is 0.146 e. The lowest BCUT2D eigenvalue weighted by Gasteiger charge is -2.04. The van der Waals surface area contributed by atoms with E-state index in [1.165, 1.54) is 6.07 Å². The lowest BCUT2D eigenvalue weighted by atomic mass is 10.2. The van der Waals surface area contributed by atoms with Crippen molar-refractivity contribution in [3.63, 3.8) is 0 Å². The molecule has 2 nitrogen and oxygen atoms in total. The van der Waals surface area contributed by atoms with Crippen molar-refractivity contribution in [3.05, 3.63) is 53.7 Å². The molecule has 0 atom stereocenters. The van der Waals surface area contributed by atoms with Crippen LogP contribution >= 0.6 is 0 Å². The summed E-state index contributed by atoms with van der Waals surface area (Å²) in [5, 5.41) is 0. The number of halogens is 1. The minimum Gasteiger partial charge on any atom is -0.486 e. The van der Waals surface area contributed by atoms with Gasteiger partial charge in [-0.3, -0.25) is 0 Å². The molecule has 2 rings (SSSR count). The van der Waals surface area contributed by atoms with Crippen molar-refractivity contribution in [2.24, 2.45) is 0 Å². The number of aryl methyl sites for hydroxylation is 1. The van der Waals surface area contributed by atoms with Gasteiger partial charge in [0.1, 0.15) is 23.9 Å². The molecule has 2 aromatic rings. The number of hydrogen-bond acceptors (Lipinski definition) is 2. The topological polar surface area (TPSA) is 22.4 Å². The van der Waals surface area contributed by atoms with E-state index in [1.54, 1.807) is 31.4 Å². The van der Waals surface area contributed by atoms with E-state index in [0.717, 1.165) is 5.76 Å². The summed E-state index contributed by atoms with van der Waals surface area (Å²) >= 11 is 0. The summed E-state index contributed by atoms with van der Waals surface area (Å²) in [5.74, 6) is 0.970. The van der Waals surface area contributed by atoms with Gasteiger partial charge in [-0.25, -0.2) is 4.39 Å². The minimum absolute atomic E-state index is 0.257. The van der Waals surface area contributed by atoms with Crippen LogP contribution in [0.25, 0.3) is 0 Å². The first-order valence-electron chi connectivity index (χ1n) is 4.67. The summed E-state index contributed by atoms with van der Waals surface area (Å²) in [7, 11) is 0. The molecule has 15 heavy (non-hydrogen) atoms. The fourth-order valence-corrected chi connectivity index (χ4v) is 1.21. The first-order valence-corrected chi connectivity index (χ1v) is 4.67. The predicted molar refractivity (Wildman–Crippen MR) is 54.2 cm³/mol. The first kappa shape index (κ1) is 9.77. The molecule has 0 saturated heterocycles. The third kappa shape index (κ3) is 2.37. The predicted octanol–water partition coefficient (Wildman–Crippen LogP) is 3.31. The van der Waals surface area contributed by atoms with Crippen LogP contribution in [0.15, 0.2) is 41.0 Å². The van der Waals surface area contributed by atoms with Crippen LogP contribution in [0.3, 0.4) is 0 Å². The number of rotatable bonds is 3. The fourth-order valence-electron chi connectivity index (χ4n) is 1.21. The minimum atomic E-state index is -0.257. The summed E-state index contributed by atoms with van der Waals surface area (Å²) in [6.07, 6.45) is 1.58. The number of hydrogen-bond donors (Lipinski definition) is 0. The van der Waals surface area contributed by atoms with E-state index in [-0.39, 0.29) is 5.82 Å². The Bertz CT molecular complexity index is 435. The summed E-state index contributed by atoms with van der Waals surface area (Å²) in [5.41, 5.74) is 0.611. The zero-order chi connectivity index (χ0) is 10.7. The van der Waals surface area contributed by atoms with Gasteiger partial charge < -0.3 is 9.15 Å². The molecule has 0 aliphatic heterocycles. The Morgan fingerprint density at radius 3 is 2.87 bits per heavy atom. The van der Waals surface area contributed by atoms with E-state index in [0.29, 0.717) is 17.9 Å². The molecule has 78 valence electrons.